The summed E-state index contributed by atoms with van der Waals surface area (Å²) in [6, 6.07) is 21.6. The van der Waals surface area contributed by atoms with Gasteiger partial charge in [-0.2, -0.15) is 0 Å². The third-order valence-corrected chi connectivity index (χ3v) is 7.70. The molecule has 1 N–H and O–H groups in total. The van der Waals surface area contributed by atoms with Gasteiger partial charge in [0.1, 0.15) is 30.5 Å². The first-order valence-electron chi connectivity index (χ1n) is 14.7. The number of hydrogen-bond donors (Lipinski definition) is 1. The van der Waals surface area contributed by atoms with Gasteiger partial charge >= 0.3 is 0 Å². The van der Waals surface area contributed by atoms with Crippen molar-refractivity contribution < 1.29 is 28.9 Å². The normalized spacial score (nSPS) is 18.5. The van der Waals surface area contributed by atoms with Crippen LogP contribution in [0.2, 0.25) is 0 Å². The monoisotopic (exact) mass is 582 g/mol. The Labute approximate surface area is 252 Å². The molecule has 0 spiro atoms. The quantitative estimate of drug-likeness (QED) is 0.135. The van der Waals surface area contributed by atoms with Crippen molar-refractivity contribution >= 4 is 17.4 Å². The SMILES string of the molecule is C=CCOc1ccc(C2C(=C(O)c3ccc(OCc4cccc(C)c4)cc3)C(=O)C(=O)N2CCCN2CCOCC2)cc1. The van der Waals surface area contributed by atoms with E-state index >= 15 is 0 Å². The molecule has 2 aliphatic heterocycles. The predicted octanol–water partition coefficient (Wildman–Crippen LogP) is 5.28. The number of likely N-dealkylation sites (tertiary alicyclic amines) is 1. The molecule has 224 valence electrons. The maximum atomic E-state index is 13.4. The van der Waals surface area contributed by atoms with Crippen LogP contribution in [-0.4, -0.2) is 72.6 Å². The molecule has 0 bridgehead atoms. The summed E-state index contributed by atoms with van der Waals surface area (Å²) in [5, 5.41) is 11.5. The summed E-state index contributed by atoms with van der Waals surface area (Å²) in [4.78, 5) is 30.7. The first kappa shape index (κ1) is 30.1. The molecule has 8 heteroatoms. The number of benzene rings is 3. The third kappa shape index (κ3) is 7.34. The molecule has 0 radical (unpaired) electrons. The Hall–Kier alpha value is -4.40. The van der Waals surface area contributed by atoms with Gasteiger partial charge in [-0.3, -0.25) is 14.5 Å². The van der Waals surface area contributed by atoms with Crippen molar-refractivity contribution in [1.82, 2.24) is 9.80 Å². The maximum Gasteiger partial charge on any atom is 0.295 e. The fourth-order valence-electron chi connectivity index (χ4n) is 5.48. The first-order chi connectivity index (χ1) is 20.9. The largest absolute Gasteiger partial charge is 0.507 e. The zero-order valence-electron chi connectivity index (χ0n) is 24.5. The Bertz CT molecular complexity index is 1460. The van der Waals surface area contributed by atoms with Gasteiger partial charge in [0.15, 0.2) is 0 Å². The van der Waals surface area contributed by atoms with E-state index in [1.165, 1.54) is 0 Å². The van der Waals surface area contributed by atoms with Gasteiger partial charge < -0.3 is 24.2 Å². The lowest BCUT2D eigenvalue weighted by Gasteiger charge is -2.29. The van der Waals surface area contributed by atoms with Crippen LogP contribution in [0.1, 0.15) is 34.7 Å². The summed E-state index contributed by atoms with van der Waals surface area (Å²) < 4.78 is 17.0. The van der Waals surface area contributed by atoms with E-state index in [0.29, 0.717) is 56.5 Å². The molecular weight excluding hydrogens is 544 g/mol. The van der Waals surface area contributed by atoms with Crippen molar-refractivity contribution in [3.8, 4) is 11.5 Å². The second-order valence-electron chi connectivity index (χ2n) is 10.8. The molecule has 8 nitrogen and oxygen atoms in total. The van der Waals surface area contributed by atoms with Crippen LogP contribution >= 0.6 is 0 Å². The molecule has 0 aliphatic carbocycles. The van der Waals surface area contributed by atoms with Crippen LogP contribution in [0.25, 0.3) is 5.76 Å². The summed E-state index contributed by atoms with van der Waals surface area (Å²) in [7, 11) is 0. The second-order valence-corrected chi connectivity index (χ2v) is 10.8. The topological polar surface area (TPSA) is 88.5 Å². The molecule has 5 rings (SSSR count). The van der Waals surface area contributed by atoms with Crippen LogP contribution in [-0.2, 0) is 20.9 Å². The summed E-state index contributed by atoms with van der Waals surface area (Å²) >= 11 is 0. The molecule has 3 aromatic carbocycles. The highest BCUT2D eigenvalue weighted by molar-refractivity contribution is 6.46. The highest BCUT2D eigenvalue weighted by Crippen LogP contribution is 2.40. The van der Waals surface area contributed by atoms with E-state index in [0.717, 1.165) is 36.3 Å². The average molecular weight is 583 g/mol. The summed E-state index contributed by atoms with van der Waals surface area (Å²) in [5.74, 6) is -0.238. The Balaban J connectivity index is 1.39. The van der Waals surface area contributed by atoms with Crippen LogP contribution in [0, 0.1) is 6.92 Å². The standard InChI is InChI=1S/C35H38N2O6/c1-3-20-42-29-12-8-27(9-13-29)32-31(34(39)35(40)37(32)17-5-16-36-18-21-41-22-19-36)33(38)28-10-14-30(15-11-28)43-24-26-7-4-6-25(2)23-26/h3-4,6-15,23,32,38H,1,5,16-22,24H2,2H3. The fraction of sp³-hybridized carbons (Fsp3) is 0.314. The van der Waals surface area contributed by atoms with E-state index in [4.69, 9.17) is 14.2 Å². The predicted molar refractivity (Wildman–Crippen MR) is 165 cm³/mol. The van der Waals surface area contributed by atoms with Gasteiger partial charge in [0.2, 0.25) is 0 Å². The number of carbonyl (C=O) groups is 2. The molecule has 0 aromatic heterocycles. The number of aryl methyl sites for hydroxylation is 1. The number of nitrogens with zero attached hydrogens (tertiary/aromatic N) is 2. The number of Topliss-reactive ketones (excluding diaryl/α,β-unsaturated/α-hetero) is 1. The lowest BCUT2D eigenvalue weighted by Crippen LogP contribution is -2.38. The number of amides is 1. The van der Waals surface area contributed by atoms with E-state index in [1.54, 1.807) is 47.4 Å². The van der Waals surface area contributed by atoms with Gasteiger partial charge in [0.25, 0.3) is 11.7 Å². The molecular formula is C35H38N2O6. The molecule has 2 heterocycles. The minimum Gasteiger partial charge on any atom is -0.507 e. The Kier molecular flexibility index (Phi) is 9.92. The van der Waals surface area contributed by atoms with Gasteiger partial charge in [0.05, 0.1) is 24.8 Å². The van der Waals surface area contributed by atoms with Crippen molar-refractivity contribution in [2.75, 3.05) is 46.0 Å². The molecule has 0 saturated carbocycles. The van der Waals surface area contributed by atoms with Crippen LogP contribution in [0.5, 0.6) is 11.5 Å². The number of aliphatic hydroxyl groups is 1. The second kappa shape index (κ2) is 14.2. The van der Waals surface area contributed by atoms with Gasteiger partial charge in [-0.25, -0.2) is 0 Å². The van der Waals surface area contributed by atoms with Crippen LogP contribution in [0.15, 0.2) is 91.0 Å². The number of ether oxygens (including phenoxy) is 3. The number of aliphatic hydroxyl groups excluding tert-OH is 1. The van der Waals surface area contributed by atoms with Crippen molar-refractivity contribution in [3.05, 3.63) is 113 Å². The number of hydrogen-bond acceptors (Lipinski definition) is 7. The molecule has 1 atom stereocenters. The lowest BCUT2D eigenvalue weighted by molar-refractivity contribution is -0.140. The van der Waals surface area contributed by atoms with Gasteiger partial charge in [-0.1, -0.05) is 54.6 Å². The lowest BCUT2D eigenvalue weighted by atomic mass is 9.95. The molecule has 2 fully saturated rings. The van der Waals surface area contributed by atoms with Crippen molar-refractivity contribution in [3.63, 3.8) is 0 Å². The Morgan fingerprint density at radius 3 is 2.37 bits per heavy atom. The van der Waals surface area contributed by atoms with E-state index in [-0.39, 0.29) is 11.3 Å². The number of rotatable bonds is 12. The van der Waals surface area contributed by atoms with Crippen molar-refractivity contribution in [2.24, 2.45) is 0 Å². The molecule has 1 unspecified atom stereocenters. The zero-order valence-corrected chi connectivity index (χ0v) is 24.5. The summed E-state index contributed by atoms with van der Waals surface area (Å²) in [6.45, 7) is 10.7. The molecule has 2 saturated heterocycles. The highest BCUT2D eigenvalue weighted by atomic mass is 16.5. The van der Waals surface area contributed by atoms with E-state index in [1.807, 2.05) is 37.3 Å². The van der Waals surface area contributed by atoms with E-state index < -0.39 is 17.7 Å². The van der Waals surface area contributed by atoms with Gasteiger partial charge in [-0.05, 0) is 60.9 Å². The van der Waals surface area contributed by atoms with Crippen molar-refractivity contribution in [1.29, 1.82) is 0 Å². The summed E-state index contributed by atoms with van der Waals surface area (Å²) in [6.07, 6.45) is 2.35. The smallest absolute Gasteiger partial charge is 0.295 e. The van der Waals surface area contributed by atoms with E-state index in [9.17, 15) is 14.7 Å². The number of morpholine rings is 1. The average Bonchev–Trinajstić information content (AvgIpc) is 3.28. The number of ketones is 1. The zero-order chi connectivity index (χ0) is 30.2. The minimum atomic E-state index is -0.726. The van der Waals surface area contributed by atoms with Crippen LogP contribution in [0.4, 0.5) is 0 Å². The molecule has 1 amide bonds. The summed E-state index contributed by atoms with van der Waals surface area (Å²) in [5.41, 5.74) is 3.44. The first-order valence-corrected chi connectivity index (χ1v) is 14.7. The number of carbonyl (C=O) groups excluding carboxylic acids is 2. The van der Waals surface area contributed by atoms with Crippen LogP contribution < -0.4 is 9.47 Å². The molecule has 2 aliphatic rings. The van der Waals surface area contributed by atoms with Gasteiger partial charge in [0, 0.05) is 31.7 Å². The maximum absolute atomic E-state index is 13.4. The van der Waals surface area contributed by atoms with Gasteiger partial charge in [-0.15, -0.1) is 0 Å². The molecule has 3 aromatic rings. The van der Waals surface area contributed by atoms with E-state index in [2.05, 4.69) is 17.5 Å². The fourth-order valence-corrected chi connectivity index (χ4v) is 5.48. The highest BCUT2D eigenvalue weighted by Gasteiger charge is 2.45. The Morgan fingerprint density at radius 2 is 1.67 bits per heavy atom. The Morgan fingerprint density at radius 1 is 0.977 bits per heavy atom. The van der Waals surface area contributed by atoms with Crippen molar-refractivity contribution in [2.45, 2.75) is 26.0 Å². The third-order valence-electron chi connectivity index (χ3n) is 7.70. The molecule has 43 heavy (non-hydrogen) atoms. The minimum absolute atomic E-state index is 0.0737. The van der Waals surface area contributed by atoms with Crippen LogP contribution in [0.3, 0.4) is 0 Å².